The molecule has 0 bridgehead atoms. The lowest BCUT2D eigenvalue weighted by molar-refractivity contribution is 0.769. The lowest BCUT2D eigenvalue weighted by Gasteiger charge is -2.34. The molecule has 0 spiro atoms. The van der Waals surface area contributed by atoms with Gasteiger partial charge in [-0.2, -0.15) is 0 Å². The Morgan fingerprint density at radius 3 is 0.828 bits per heavy atom. The van der Waals surface area contributed by atoms with Gasteiger partial charge in [-0.1, -0.05) is 376 Å². The van der Waals surface area contributed by atoms with Gasteiger partial charge in [0.25, 0.3) is 0 Å². The first kappa shape index (κ1) is 76.6. The molecule has 0 unspecified atom stereocenters. The average molecular weight is 1700 g/mol. The highest BCUT2D eigenvalue weighted by molar-refractivity contribution is 6.17. The molecule has 26 aromatic rings. The molecule has 2 aliphatic carbocycles. The van der Waals surface area contributed by atoms with Crippen LogP contribution in [0.15, 0.2) is 510 Å². The summed E-state index contributed by atoms with van der Waals surface area (Å²) >= 11 is 0. The average Bonchev–Trinajstić information content (AvgIpc) is 1.52. The Bertz CT molecular complexity index is 9150. The Labute approximate surface area is 776 Å². The Balaban J connectivity index is 0.000000136. The predicted octanol–water partition coefficient (Wildman–Crippen LogP) is 33.5. The zero-order chi connectivity index (χ0) is 88.1. The van der Waals surface area contributed by atoms with Crippen LogP contribution in [0.4, 0.5) is 0 Å². The van der Waals surface area contributed by atoms with Gasteiger partial charge in [-0.15, -0.1) is 0 Å². The van der Waals surface area contributed by atoms with Gasteiger partial charge in [0.15, 0.2) is 0 Å². The van der Waals surface area contributed by atoms with E-state index in [2.05, 4.69) is 528 Å². The summed E-state index contributed by atoms with van der Waals surface area (Å²) in [6, 6.07) is 189. The smallest absolute Gasteiger partial charge is 0.0714 e. The van der Waals surface area contributed by atoms with Crippen molar-refractivity contribution in [3.63, 3.8) is 0 Å². The van der Waals surface area contributed by atoms with E-state index in [-0.39, 0.29) is 0 Å². The summed E-state index contributed by atoms with van der Waals surface area (Å²) in [7, 11) is 0. The summed E-state index contributed by atoms with van der Waals surface area (Å²) in [5, 5.41) is 14.8. The van der Waals surface area contributed by atoms with E-state index in [0.29, 0.717) is 0 Å². The van der Waals surface area contributed by atoms with Crippen LogP contribution >= 0.6 is 0 Å². The Morgan fingerprint density at radius 1 is 0.127 bits per heavy atom. The molecule has 624 valence electrons. The molecule has 0 saturated heterocycles. The molecule has 0 atom stereocenters. The summed E-state index contributed by atoms with van der Waals surface area (Å²) < 4.78 is 9.84. The Hall–Kier alpha value is -17.4. The van der Waals surface area contributed by atoms with Gasteiger partial charge in [0.05, 0.1) is 55.0 Å². The molecule has 4 heterocycles. The molecular weight excluding hydrogens is 1620 g/mol. The third-order valence-corrected chi connectivity index (χ3v) is 29.1. The van der Waals surface area contributed by atoms with Crippen molar-refractivity contribution in [1.82, 2.24) is 18.3 Å². The second-order valence-corrected chi connectivity index (χ2v) is 36.1. The molecule has 0 fully saturated rings. The molecule has 28 rings (SSSR count). The first-order valence-electron chi connectivity index (χ1n) is 46.5. The first-order valence-corrected chi connectivity index (χ1v) is 46.5. The van der Waals surface area contributed by atoms with E-state index in [1.54, 1.807) is 0 Å². The molecule has 2 aliphatic rings. The highest BCUT2D eigenvalue weighted by Crippen LogP contribution is 2.60. The quantitative estimate of drug-likeness (QED) is 0.116. The van der Waals surface area contributed by atoms with Crippen LogP contribution in [0, 0.1) is 0 Å². The normalized spacial score (nSPS) is 12.9. The van der Waals surface area contributed by atoms with Gasteiger partial charge in [-0.05, 0) is 266 Å². The molecule has 0 aliphatic heterocycles. The maximum Gasteiger partial charge on any atom is 0.0714 e. The van der Waals surface area contributed by atoms with Gasteiger partial charge >= 0.3 is 0 Å². The van der Waals surface area contributed by atoms with Gasteiger partial charge in [0.2, 0.25) is 0 Å². The second kappa shape index (κ2) is 30.6. The highest BCUT2D eigenvalue weighted by Gasteiger charge is 2.48. The summed E-state index contributed by atoms with van der Waals surface area (Å²) in [4.78, 5) is 0. The SMILES string of the molecule is c1ccc(-c2cccc(-n3c4ccccc4c4cc(-c5ccc6c(c5)c5cc7c(cc5n6-c5ccc6ccccc6c5)-c5ccccc5C7(c5ccccc5)c5ccccc5)ccc43)c2)cc1.c1ccc(-c2cccc(-n3c4ccccc4c4cc(-c5ccc6c(c5)c5cc7c(cc5n6-c5ccc6ccccc6c5)C(c5ccccc5)(c5ccccc5)c5ccccc5-7)ccc43)c2)cc1. The minimum Gasteiger partial charge on any atom is -0.309 e. The fourth-order valence-electron chi connectivity index (χ4n) is 23.2. The molecule has 0 saturated carbocycles. The Kier molecular flexibility index (Phi) is 17.5. The van der Waals surface area contributed by atoms with Crippen LogP contribution in [-0.4, -0.2) is 18.3 Å². The minimum absolute atomic E-state index is 0.502. The monoisotopic (exact) mass is 1700 g/mol. The number of hydrogen-bond donors (Lipinski definition) is 0. The van der Waals surface area contributed by atoms with Crippen molar-refractivity contribution in [2.24, 2.45) is 0 Å². The van der Waals surface area contributed by atoms with E-state index in [1.165, 1.54) is 220 Å². The van der Waals surface area contributed by atoms with Gasteiger partial charge in [-0.3, -0.25) is 0 Å². The van der Waals surface area contributed by atoms with Gasteiger partial charge < -0.3 is 18.3 Å². The molecule has 4 heteroatoms. The van der Waals surface area contributed by atoms with Crippen LogP contribution in [0.1, 0.15) is 44.5 Å². The minimum atomic E-state index is -0.504. The number of aromatic nitrogens is 4. The van der Waals surface area contributed by atoms with Gasteiger partial charge in [-0.25, -0.2) is 0 Å². The zero-order valence-electron chi connectivity index (χ0n) is 73.3. The second-order valence-electron chi connectivity index (χ2n) is 36.1. The molecular formula is C130H84N4. The Morgan fingerprint density at radius 2 is 0.410 bits per heavy atom. The van der Waals surface area contributed by atoms with Crippen LogP contribution in [0.3, 0.4) is 0 Å². The summed E-state index contributed by atoms with van der Waals surface area (Å²) in [5.74, 6) is 0. The lowest BCUT2D eigenvalue weighted by Crippen LogP contribution is -2.28. The maximum absolute atomic E-state index is 2.54. The van der Waals surface area contributed by atoms with Crippen LogP contribution in [-0.2, 0) is 10.8 Å². The van der Waals surface area contributed by atoms with E-state index in [0.717, 1.165) is 22.7 Å². The molecule has 134 heavy (non-hydrogen) atoms. The number of rotatable bonds is 12. The predicted molar refractivity (Wildman–Crippen MR) is 562 cm³/mol. The van der Waals surface area contributed by atoms with Crippen LogP contribution in [0.2, 0.25) is 0 Å². The number of hydrogen-bond acceptors (Lipinski definition) is 0. The fraction of sp³-hybridized carbons (Fsp3) is 0.0154. The molecule has 0 radical (unpaired) electrons. The summed E-state index contributed by atoms with van der Waals surface area (Å²) in [5.41, 5.74) is 38.2. The maximum atomic E-state index is 2.54. The zero-order valence-corrected chi connectivity index (χ0v) is 73.3. The van der Waals surface area contributed by atoms with Crippen molar-refractivity contribution in [3.8, 4) is 89.5 Å². The lowest BCUT2D eigenvalue weighted by atomic mass is 9.67. The van der Waals surface area contributed by atoms with E-state index >= 15 is 0 Å². The largest absolute Gasteiger partial charge is 0.309 e. The van der Waals surface area contributed by atoms with Gasteiger partial charge in [0.1, 0.15) is 0 Å². The van der Waals surface area contributed by atoms with Crippen molar-refractivity contribution >= 4 is 109 Å². The van der Waals surface area contributed by atoms with E-state index in [4.69, 9.17) is 0 Å². The molecule has 4 aromatic heterocycles. The number of nitrogens with zero attached hydrogens (tertiary/aromatic N) is 4. The molecule has 22 aromatic carbocycles. The summed E-state index contributed by atoms with van der Waals surface area (Å²) in [6.07, 6.45) is 0. The van der Waals surface area contributed by atoms with Crippen LogP contribution in [0.25, 0.3) is 198 Å². The molecule has 0 N–H and O–H groups in total. The third-order valence-electron chi connectivity index (χ3n) is 29.1. The van der Waals surface area contributed by atoms with Gasteiger partial charge in [0, 0.05) is 65.8 Å². The van der Waals surface area contributed by atoms with Crippen molar-refractivity contribution in [2.45, 2.75) is 10.8 Å². The van der Waals surface area contributed by atoms with Crippen molar-refractivity contribution < 1.29 is 0 Å². The van der Waals surface area contributed by atoms with E-state index < -0.39 is 10.8 Å². The van der Waals surface area contributed by atoms with E-state index in [9.17, 15) is 0 Å². The first-order chi connectivity index (χ1) is 66.4. The van der Waals surface area contributed by atoms with Crippen molar-refractivity contribution in [2.75, 3.05) is 0 Å². The van der Waals surface area contributed by atoms with Crippen LogP contribution in [0.5, 0.6) is 0 Å². The highest BCUT2D eigenvalue weighted by atomic mass is 15.0. The fourth-order valence-corrected chi connectivity index (χ4v) is 23.2. The van der Waals surface area contributed by atoms with E-state index in [1.807, 2.05) is 0 Å². The number of para-hydroxylation sites is 2. The topological polar surface area (TPSA) is 19.7 Å². The summed E-state index contributed by atoms with van der Waals surface area (Å²) in [6.45, 7) is 0. The van der Waals surface area contributed by atoms with Crippen LogP contribution < -0.4 is 0 Å². The molecule has 0 amide bonds. The molecule has 4 nitrogen and oxygen atoms in total. The standard InChI is InChI=1S/2C65H42N2/c1-4-17-43(18-5-1)46-21-16-26-51(37-46)66-61-30-15-13-28-54(61)56-39-47(32-35-62(56)66)48-33-36-63-57(40-48)58-41-60-55(42-64(58)67(63)52-34-31-44-19-10-11-20-45(44)38-52)53-27-12-14-29-59(53)65(60,49-22-6-2-7-23-49)50-24-8-3-9-25-50;1-4-17-43(18-5-1)46-21-16-26-51(37-46)66-61-30-15-13-28-54(61)56-39-47(32-35-62(56)66)48-33-36-63-57(40-48)58-41-55-53-27-12-14-29-59(53)65(49-22-6-2-7-23-49,50-24-8-3-9-25-50)60(55)42-64(58)67(63)52-34-31-44-19-10-11-20-45(44)38-52/h2*1-42H. The van der Waals surface area contributed by atoms with Crippen molar-refractivity contribution in [1.29, 1.82) is 0 Å². The van der Waals surface area contributed by atoms with Crippen molar-refractivity contribution in [3.05, 3.63) is 554 Å². The third kappa shape index (κ3) is 11.8. The number of fused-ring (bicyclic) bond motifs is 20. The number of benzene rings is 22.